The largest absolute Gasteiger partial charge is 0.328 e. The Morgan fingerprint density at radius 3 is 2.94 bits per heavy atom. The van der Waals surface area contributed by atoms with Crippen molar-refractivity contribution in [1.29, 1.82) is 0 Å². The van der Waals surface area contributed by atoms with Crippen molar-refractivity contribution in [1.82, 2.24) is 4.98 Å². The van der Waals surface area contributed by atoms with Crippen molar-refractivity contribution in [3.05, 3.63) is 33.7 Å². The zero-order valence-electron chi connectivity index (χ0n) is 11.1. The Morgan fingerprint density at radius 1 is 1.56 bits per heavy atom. The number of aromatic amines is 1. The normalized spacial score (nSPS) is 26.6. The van der Waals surface area contributed by atoms with Crippen LogP contribution in [0.1, 0.15) is 44.2 Å². The van der Waals surface area contributed by atoms with E-state index in [0.717, 1.165) is 23.3 Å². The monoisotopic (exact) mass is 261 g/mol. The summed E-state index contributed by atoms with van der Waals surface area (Å²) in [6.45, 7) is 6.71. The second-order valence-electron chi connectivity index (χ2n) is 5.68. The smallest absolute Gasteiger partial charge is 0.251 e. The van der Waals surface area contributed by atoms with Crippen LogP contribution in [0.3, 0.4) is 0 Å². The van der Waals surface area contributed by atoms with Crippen LogP contribution in [-0.4, -0.2) is 15.5 Å². The number of hydrogen-bond donors (Lipinski definition) is 1. The van der Waals surface area contributed by atoms with E-state index in [4.69, 9.17) is 6.42 Å². The highest BCUT2D eigenvalue weighted by Gasteiger charge is 2.35. The van der Waals surface area contributed by atoms with Crippen molar-refractivity contribution >= 4 is 11.8 Å². The van der Waals surface area contributed by atoms with Crippen LogP contribution in [0.25, 0.3) is 0 Å². The van der Waals surface area contributed by atoms with Gasteiger partial charge in [-0.25, -0.2) is 0 Å². The van der Waals surface area contributed by atoms with Gasteiger partial charge < -0.3 is 4.98 Å². The molecule has 0 amide bonds. The van der Waals surface area contributed by atoms with Crippen LogP contribution >= 0.6 is 11.8 Å². The van der Waals surface area contributed by atoms with Gasteiger partial charge in [-0.05, 0) is 30.1 Å². The fraction of sp³-hybridized carbons (Fsp3) is 0.533. The van der Waals surface area contributed by atoms with Crippen molar-refractivity contribution < 1.29 is 0 Å². The Bertz CT molecular complexity index is 538. The molecule has 0 saturated carbocycles. The van der Waals surface area contributed by atoms with Gasteiger partial charge in [-0.2, -0.15) is 11.8 Å². The summed E-state index contributed by atoms with van der Waals surface area (Å²) in [5.41, 5.74) is 1.62. The molecule has 96 valence electrons. The fourth-order valence-electron chi connectivity index (χ4n) is 2.54. The molecule has 1 saturated heterocycles. The van der Waals surface area contributed by atoms with E-state index in [2.05, 4.69) is 31.7 Å². The number of hydrogen-bond acceptors (Lipinski definition) is 2. The molecular formula is C15H19NOS. The third kappa shape index (κ3) is 2.64. The van der Waals surface area contributed by atoms with Crippen LogP contribution in [-0.2, 0) is 0 Å². The first kappa shape index (κ1) is 13.3. The first-order valence-electron chi connectivity index (χ1n) is 6.26. The Morgan fingerprint density at radius 2 is 2.28 bits per heavy atom. The molecule has 3 heteroatoms. The lowest BCUT2D eigenvalue weighted by molar-refractivity contribution is 0.409. The molecule has 2 nitrogen and oxygen atoms in total. The van der Waals surface area contributed by atoms with Gasteiger partial charge in [0.25, 0.3) is 5.56 Å². The minimum Gasteiger partial charge on any atom is -0.328 e. The molecular weight excluding hydrogens is 242 g/mol. The van der Waals surface area contributed by atoms with E-state index in [1.165, 1.54) is 0 Å². The highest BCUT2D eigenvalue weighted by atomic mass is 32.2. The number of rotatable bonds is 1. The fourth-order valence-corrected chi connectivity index (χ4v) is 3.78. The van der Waals surface area contributed by atoms with E-state index in [9.17, 15) is 4.79 Å². The van der Waals surface area contributed by atoms with E-state index in [1.807, 2.05) is 17.8 Å². The molecule has 1 fully saturated rings. The summed E-state index contributed by atoms with van der Waals surface area (Å²) in [5.74, 6) is 4.50. The molecule has 2 heterocycles. The van der Waals surface area contributed by atoms with E-state index < -0.39 is 0 Å². The molecule has 1 aliphatic rings. The third-order valence-corrected chi connectivity index (χ3v) is 5.27. The molecule has 2 rings (SSSR count). The van der Waals surface area contributed by atoms with Gasteiger partial charge in [0, 0.05) is 22.1 Å². The molecule has 0 aliphatic carbocycles. The maximum absolute atomic E-state index is 12.0. The zero-order chi connectivity index (χ0) is 13.3. The first-order valence-corrected chi connectivity index (χ1v) is 7.25. The van der Waals surface area contributed by atoms with Crippen molar-refractivity contribution in [3.8, 4) is 12.3 Å². The number of terminal acetylenes is 1. The predicted octanol–water partition coefficient (Wildman–Crippen LogP) is 2.99. The first-order chi connectivity index (χ1) is 8.43. The quantitative estimate of drug-likeness (QED) is 0.788. The van der Waals surface area contributed by atoms with Crippen molar-refractivity contribution in [2.45, 2.75) is 37.9 Å². The minimum absolute atomic E-state index is 0.00792. The molecule has 2 atom stereocenters. The van der Waals surface area contributed by atoms with E-state index in [0.29, 0.717) is 11.8 Å². The number of thioether (sulfide) groups is 1. The van der Waals surface area contributed by atoms with Crippen LogP contribution in [0.5, 0.6) is 0 Å². The lowest BCUT2D eigenvalue weighted by Crippen LogP contribution is -2.33. The third-order valence-electron chi connectivity index (χ3n) is 3.63. The Labute approximate surface area is 113 Å². The molecule has 18 heavy (non-hydrogen) atoms. The molecule has 0 spiro atoms. The van der Waals surface area contributed by atoms with Gasteiger partial charge in [-0.3, -0.25) is 4.79 Å². The number of nitrogens with one attached hydrogen (secondary N) is 1. The topological polar surface area (TPSA) is 32.9 Å². The highest BCUT2D eigenvalue weighted by Crippen LogP contribution is 2.45. The van der Waals surface area contributed by atoms with Crippen LogP contribution in [0.2, 0.25) is 0 Å². The van der Waals surface area contributed by atoms with Crippen molar-refractivity contribution in [3.63, 3.8) is 0 Å². The molecule has 1 aliphatic heterocycles. The molecule has 1 N–H and O–H groups in total. The number of H-pyrrole nitrogens is 1. The van der Waals surface area contributed by atoms with Crippen molar-refractivity contribution in [2.75, 3.05) is 5.75 Å². The summed E-state index contributed by atoms with van der Waals surface area (Å²) in [4.78, 5) is 14.8. The SMILES string of the molecule is C#Cc1c[nH]c(=O)c(C2CC(C)(C)SCC2C)c1. The molecule has 1 aromatic heterocycles. The van der Waals surface area contributed by atoms with Gasteiger partial charge in [-0.1, -0.05) is 26.7 Å². The van der Waals surface area contributed by atoms with Crippen LogP contribution in [0.4, 0.5) is 0 Å². The Balaban J connectivity index is 2.41. The molecule has 0 radical (unpaired) electrons. The molecule has 2 unspecified atom stereocenters. The number of aromatic nitrogens is 1. The van der Waals surface area contributed by atoms with Crippen molar-refractivity contribution in [2.24, 2.45) is 5.92 Å². The van der Waals surface area contributed by atoms with Crippen LogP contribution in [0.15, 0.2) is 17.1 Å². The maximum Gasteiger partial charge on any atom is 0.251 e. The van der Waals surface area contributed by atoms with E-state index >= 15 is 0 Å². The Hall–Kier alpha value is -1.14. The van der Waals surface area contributed by atoms with Gasteiger partial charge in [-0.15, -0.1) is 6.42 Å². The van der Waals surface area contributed by atoms with E-state index in [-0.39, 0.29) is 10.3 Å². The molecule has 0 bridgehead atoms. The standard InChI is InChI=1S/C15H19NOS/c1-5-11-6-12(14(17)16-8-11)13-7-15(3,4)18-9-10(13)2/h1,6,8,10,13H,7,9H2,2-4H3,(H,16,17). The van der Waals surface area contributed by atoms with Gasteiger partial charge in [0.2, 0.25) is 0 Å². The summed E-state index contributed by atoms with van der Waals surface area (Å²) >= 11 is 1.99. The summed E-state index contributed by atoms with van der Waals surface area (Å²) in [6, 6.07) is 1.88. The molecule has 0 aromatic carbocycles. The van der Waals surface area contributed by atoms with Gasteiger partial charge >= 0.3 is 0 Å². The summed E-state index contributed by atoms with van der Waals surface area (Å²) in [6.07, 6.45) is 8.04. The summed E-state index contributed by atoms with van der Waals surface area (Å²) < 4.78 is 0.232. The highest BCUT2D eigenvalue weighted by molar-refractivity contribution is 8.00. The summed E-state index contributed by atoms with van der Waals surface area (Å²) in [5, 5.41) is 0. The minimum atomic E-state index is 0.00792. The number of pyridine rings is 1. The Kier molecular flexibility index (Phi) is 3.59. The van der Waals surface area contributed by atoms with Gasteiger partial charge in [0.1, 0.15) is 0 Å². The van der Waals surface area contributed by atoms with Gasteiger partial charge in [0.05, 0.1) is 0 Å². The maximum atomic E-state index is 12.0. The molecule has 1 aromatic rings. The summed E-state index contributed by atoms with van der Waals surface area (Å²) in [7, 11) is 0. The van der Waals surface area contributed by atoms with Gasteiger partial charge in [0.15, 0.2) is 0 Å². The second kappa shape index (κ2) is 4.85. The predicted molar refractivity (Wildman–Crippen MR) is 78.1 cm³/mol. The zero-order valence-corrected chi connectivity index (χ0v) is 11.9. The lowest BCUT2D eigenvalue weighted by Gasteiger charge is -2.38. The van der Waals surface area contributed by atoms with Crippen LogP contribution < -0.4 is 5.56 Å². The second-order valence-corrected chi connectivity index (χ2v) is 7.40. The average Bonchev–Trinajstić information content (AvgIpc) is 2.33. The van der Waals surface area contributed by atoms with Crippen LogP contribution in [0, 0.1) is 18.3 Å². The lowest BCUT2D eigenvalue weighted by atomic mass is 9.81. The average molecular weight is 261 g/mol. The van der Waals surface area contributed by atoms with E-state index in [1.54, 1.807) is 6.20 Å².